The van der Waals surface area contributed by atoms with Crippen molar-refractivity contribution in [2.45, 2.75) is 32.8 Å². The molecule has 2 aromatic carbocycles. The van der Waals surface area contributed by atoms with E-state index in [1.54, 1.807) is 42.2 Å². The number of nitrogens with one attached hydrogen (secondary N) is 1. The average molecular weight is 396 g/mol. The molecule has 1 aliphatic heterocycles. The van der Waals surface area contributed by atoms with Gasteiger partial charge >= 0.3 is 5.97 Å². The van der Waals surface area contributed by atoms with Crippen molar-refractivity contribution in [3.05, 3.63) is 54.1 Å². The first-order valence-electron chi connectivity index (χ1n) is 9.52. The zero-order valence-corrected chi connectivity index (χ0v) is 16.5. The molecule has 1 heterocycles. The van der Waals surface area contributed by atoms with E-state index in [-0.39, 0.29) is 5.91 Å². The van der Waals surface area contributed by atoms with Crippen LogP contribution < -0.4 is 15.0 Å². The second-order valence-electron chi connectivity index (χ2n) is 6.93. The van der Waals surface area contributed by atoms with Crippen LogP contribution in [0, 0.1) is 6.92 Å². The molecule has 152 valence electrons. The summed E-state index contributed by atoms with van der Waals surface area (Å²) in [7, 11) is 0. The number of aryl methyl sites for hydroxylation is 1. The largest absolute Gasteiger partial charge is 0.479 e. The van der Waals surface area contributed by atoms with E-state index in [0.29, 0.717) is 24.4 Å². The lowest BCUT2D eigenvalue weighted by molar-refractivity contribution is -0.153. The molecule has 29 heavy (non-hydrogen) atoms. The fourth-order valence-electron chi connectivity index (χ4n) is 3.04. The molecule has 0 spiro atoms. The number of nitrogens with zero attached hydrogens (tertiary/aromatic N) is 1. The highest BCUT2D eigenvalue weighted by molar-refractivity contribution is 5.96. The maximum absolute atomic E-state index is 12.0. The second-order valence-corrected chi connectivity index (χ2v) is 6.93. The minimum absolute atomic E-state index is 0.107. The van der Waals surface area contributed by atoms with E-state index in [2.05, 4.69) is 5.32 Å². The van der Waals surface area contributed by atoms with Crippen molar-refractivity contribution in [3.8, 4) is 5.75 Å². The Morgan fingerprint density at radius 2 is 1.93 bits per heavy atom. The van der Waals surface area contributed by atoms with Crippen LogP contribution in [0.1, 0.15) is 25.3 Å². The maximum Gasteiger partial charge on any atom is 0.347 e. The van der Waals surface area contributed by atoms with Gasteiger partial charge in [-0.1, -0.05) is 12.1 Å². The average Bonchev–Trinajstić information content (AvgIpc) is 3.12. The van der Waals surface area contributed by atoms with Gasteiger partial charge in [-0.05, 0) is 62.2 Å². The molecule has 0 radical (unpaired) electrons. The first-order chi connectivity index (χ1) is 13.9. The summed E-state index contributed by atoms with van der Waals surface area (Å²) in [4.78, 5) is 37.6. The third-order valence-electron chi connectivity index (χ3n) is 4.52. The highest BCUT2D eigenvalue weighted by Gasteiger charge is 2.21. The van der Waals surface area contributed by atoms with Gasteiger partial charge in [-0.3, -0.25) is 9.59 Å². The van der Waals surface area contributed by atoms with E-state index in [1.807, 2.05) is 25.1 Å². The van der Waals surface area contributed by atoms with Crippen LogP contribution in [-0.4, -0.2) is 37.0 Å². The Labute approximate surface area is 169 Å². The molecule has 2 amide bonds. The normalized spacial score (nSPS) is 14.4. The van der Waals surface area contributed by atoms with Gasteiger partial charge in [0, 0.05) is 24.3 Å². The molecule has 2 aromatic rings. The van der Waals surface area contributed by atoms with E-state index in [1.165, 1.54) is 0 Å². The number of hydrogen-bond donors (Lipinski definition) is 1. The molecule has 0 bridgehead atoms. The molecule has 1 aliphatic rings. The van der Waals surface area contributed by atoms with Crippen molar-refractivity contribution in [2.75, 3.05) is 23.4 Å². The van der Waals surface area contributed by atoms with E-state index < -0.39 is 24.6 Å². The zero-order valence-electron chi connectivity index (χ0n) is 16.5. The van der Waals surface area contributed by atoms with Gasteiger partial charge in [0.15, 0.2) is 12.7 Å². The third kappa shape index (κ3) is 5.57. The fraction of sp³-hybridized carbons (Fsp3) is 0.318. The van der Waals surface area contributed by atoms with Gasteiger partial charge in [-0.15, -0.1) is 0 Å². The quantitative estimate of drug-likeness (QED) is 0.727. The lowest BCUT2D eigenvalue weighted by Crippen LogP contribution is -2.29. The molecule has 1 fully saturated rings. The van der Waals surface area contributed by atoms with Gasteiger partial charge < -0.3 is 19.7 Å². The van der Waals surface area contributed by atoms with Gasteiger partial charge in [0.2, 0.25) is 5.91 Å². The monoisotopic (exact) mass is 396 g/mol. The number of carbonyl (C=O) groups is 3. The summed E-state index contributed by atoms with van der Waals surface area (Å²) >= 11 is 0. The number of benzene rings is 2. The standard InChI is InChI=1S/C22H24N2O5/c1-15-5-3-6-19(13-15)29-16(2)22(27)28-14-20(25)23-17-8-10-18(11-9-17)24-12-4-7-21(24)26/h3,5-6,8-11,13,16H,4,7,12,14H2,1-2H3,(H,23,25)/t16-/m1/s1. The van der Waals surface area contributed by atoms with Crippen LogP contribution in [0.3, 0.4) is 0 Å². The number of esters is 1. The summed E-state index contributed by atoms with van der Waals surface area (Å²) in [6, 6.07) is 14.3. The van der Waals surface area contributed by atoms with Crippen molar-refractivity contribution in [3.63, 3.8) is 0 Å². The molecular formula is C22H24N2O5. The summed E-state index contributed by atoms with van der Waals surface area (Å²) in [5, 5.41) is 2.66. The predicted octanol–water partition coefficient (Wildman–Crippen LogP) is 3.07. The van der Waals surface area contributed by atoms with Crippen molar-refractivity contribution in [1.82, 2.24) is 0 Å². The Morgan fingerprint density at radius 3 is 2.59 bits per heavy atom. The van der Waals surface area contributed by atoms with E-state index in [0.717, 1.165) is 17.7 Å². The first-order valence-corrected chi connectivity index (χ1v) is 9.52. The van der Waals surface area contributed by atoms with E-state index in [4.69, 9.17) is 9.47 Å². The number of anilines is 2. The molecular weight excluding hydrogens is 372 g/mol. The smallest absolute Gasteiger partial charge is 0.347 e. The van der Waals surface area contributed by atoms with Gasteiger partial charge in [0.05, 0.1) is 0 Å². The molecule has 7 heteroatoms. The van der Waals surface area contributed by atoms with Gasteiger partial charge in [-0.25, -0.2) is 4.79 Å². The lowest BCUT2D eigenvalue weighted by atomic mass is 10.2. The SMILES string of the molecule is Cc1cccc(O[C@H](C)C(=O)OCC(=O)Nc2ccc(N3CCCC3=O)cc2)c1. The van der Waals surface area contributed by atoms with Crippen molar-refractivity contribution in [2.24, 2.45) is 0 Å². The molecule has 0 aliphatic carbocycles. The van der Waals surface area contributed by atoms with E-state index >= 15 is 0 Å². The van der Waals surface area contributed by atoms with Crippen molar-refractivity contribution in [1.29, 1.82) is 0 Å². The van der Waals surface area contributed by atoms with Gasteiger partial charge in [0.1, 0.15) is 5.75 Å². The van der Waals surface area contributed by atoms with Crippen molar-refractivity contribution < 1.29 is 23.9 Å². The fourth-order valence-corrected chi connectivity index (χ4v) is 3.04. The summed E-state index contributed by atoms with van der Waals surface area (Å²) in [5.41, 5.74) is 2.38. The Hall–Kier alpha value is -3.35. The maximum atomic E-state index is 12.0. The molecule has 3 rings (SSSR count). The number of amides is 2. The van der Waals surface area contributed by atoms with Crippen LogP contribution in [0.5, 0.6) is 5.75 Å². The Balaban J connectivity index is 1.45. The zero-order chi connectivity index (χ0) is 20.8. The minimum atomic E-state index is -0.832. The van der Waals surface area contributed by atoms with E-state index in [9.17, 15) is 14.4 Å². The number of hydrogen-bond acceptors (Lipinski definition) is 5. The van der Waals surface area contributed by atoms with Crippen LogP contribution >= 0.6 is 0 Å². The van der Waals surface area contributed by atoms with Crippen LogP contribution in [0.25, 0.3) is 0 Å². The predicted molar refractivity (Wildman–Crippen MR) is 109 cm³/mol. The Morgan fingerprint density at radius 1 is 1.17 bits per heavy atom. The molecule has 1 saturated heterocycles. The summed E-state index contributed by atoms with van der Waals surface area (Å²) in [6.45, 7) is 3.80. The highest BCUT2D eigenvalue weighted by Crippen LogP contribution is 2.23. The van der Waals surface area contributed by atoms with Gasteiger partial charge in [-0.2, -0.15) is 0 Å². The summed E-state index contributed by atoms with van der Waals surface area (Å²) in [6.07, 6.45) is 0.590. The molecule has 0 saturated carbocycles. The molecule has 0 unspecified atom stereocenters. The van der Waals surface area contributed by atoms with Crippen LogP contribution in [0.4, 0.5) is 11.4 Å². The van der Waals surface area contributed by atoms with Crippen LogP contribution in [-0.2, 0) is 19.1 Å². The number of ether oxygens (including phenoxy) is 2. The van der Waals surface area contributed by atoms with Crippen LogP contribution in [0.15, 0.2) is 48.5 Å². The molecule has 1 N–H and O–H groups in total. The summed E-state index contributed by atoms with van der Waals surface area (Å²) in [5.74, 6) is -0.401. The summed E-state index contributed by atoms with van der Waals surface area (Å²) < 4.78 is 10.6. The number of carbonyl (C=O) groups excluding carboxylic acids is 3. The Bertz CT molecular complexity index is 894. The van der Waals surface area contributed by atoms with Crippen molar-refractivity contribution >= 4 is 29.2 Å². The molecule has 0 aromatic heterocycles. The highest BCUT2D eigenvalue weighted by atomic mass is 16.6. The number of rotatable bonds is 7. The van der Waals surface area contributed by atoms with Crippen LogP contribution in [0.2, 0.25) is 0 Å². The lowest BCUT2D eigenvalue weighted by Gasteiger charge is -2.16. The Kier molecular flexibility index (Phi) is 6.49. The third-order valence-corrected chi connectivity index (χ3v) is 4.52. The topological polar surface area (TPSA) is 84.9 Å². The first kappa shape index (κ1) is 20.4. The minimum Gasteiger partial charge on any atom is -0.479 e. The second kappa shape index (κ2) is 9.23. The van der Waals surface area contributed by atoms with Gasteiger partial charge in [0.25, 0.3) is 5.91 Å². The molecule has 1 atom stereocenters. The molecule has 7 nitrogen and oxygen atoms in total.